The summed E-state index contributed by atoms with van der Waals surface area (Å²) in [6.45, 7) is 6.76. The number of nitrogens with zero attached hydrogens (tertiary/aromatic N) is 2. The second-order valence-corrected chi connectivity index (χ2v) is 4.90. The number of hydrogen-bond donors (Lipinski definition) is 1. The molecule has 1 aromatic heterocycles. The van der Waals surface area contributed by atoms with E-state index < -0.39 is 0 Å². The number of aryl methyl sites for hydroxylation is 1. The van der Waals surface area contributed by atoms with Gasteiger partial charge in [-0.25, -0.2) is 4.98 Å². The first kappa shape index (κ1) is 13.2. The van der Waals surface area contributed by atoms with Crippen LogP contribution >= 0.6 is 11.3 Å². The highest BCUT2D eigenvalue weighted by Crippen LogP contribution is 2.15. The van der Waals surface area contributed by atoms with Crippen LogP contribution in [0.1, 0.15) is 17.5 Å². The van der Waals surface area contributed by atoms with Gasteiger partial charge >= 0.3 is 0 Å². The van der Waals surface area contributed by atoms with E-state index in [9.17, 15) is 0 Å². The quantitative estimate of drug-likeness (QED) is 0.600. The zero-order chi connectivity index (χ0) is 12.0. The zero-order valence-electron chi connectivity index (χ0n) is 10.2. The van der Waals surface area contributed by atoms with E-state index in [1.807, 2.05) is 5.51 Å². The van der Waals surface area contributed by atoms with E-state index >= 15 is 0 Å². The minimum atomic E-state index is 0.467. The average Bonchev–Trinajstić information content (AvgIpc) is 2.64. The molecule has 0 amide bonds. The highest BCUT2D eigenvalue weighted by molar-refractivity contribution is 7.09. The molecule has 0 aromatic carbocycles. The molecular formula is C12H19N3S. The summed E-state index contributed by atoms with van der Waals surface area (Å²) in [5.74, 6) is 2.58. The Kier molecular flexibility index (Phi) is 5.47. The Balaban J connectivity index is 2.37. The second-order valence-electron chi connectivity index (χ2n) is 3.96. The van der Waals surface area contributed by atoms with Gasteiger partial charge in [0.15, 0.2) is 0 Å². The largest absolute Gasteiger partial charge is 0.305 e. The van der Waals surface area contributed by atoms with Gasteiger partial charge in [0.1, 0.15) is 0 Å². The Bertz CT molecular complexity index is 353. The van der Waals surface area contributed by atoms with Gasteiger partial charge in [-0.05, 0) is 20.9 Å². The molecule has 88 valence electrons. The Morgan fingerprint density at radius 1 is 1.69 bits per heavy atom. The normalized spacial score (nSPS) is 12.7. The molecule has 0 aliphatic rings. The van der Waals surface area contributed by atoms with E-state index in [1.54, 1.807) is 11.3 Å². The molecule has 0 saturated heterocycles. The van der Waals surface area contributed by atoms with Gasteiger partial charge in [-0.1, -0.05) is 5.92 Å². The number of likely N-dealkylation sites (N-methyl/N-ethyl adjacent to an activating group) is 1. The summed E-state index contributed by atoms with van der Waals surface area (Å²) in [7, 11) is 2.13. The molecule has 16 heavy (non-hydrogen) atoms. The summed E-state index contributed by atoms with van der Waals surface area (Å²) in [5.41, 5.74) is 3.04. The van der Waals surface area contributed by atoms with E-state index in [-0.39, 0.29) is 0 Å². The molecule has 4 heteroatoms. The second kappa shape index (κ2) is 6.64. The molecular weight excluding hydrogens is 218 g/mol. The molecule has 1 atom stereocenters. The first-order chi connectivity index (χ1) is 7.65. The fourth-order valence-electron chi connectivity index (χ4n) is 1.37. The monoisotopic (exact) mass is 237 g/mol. The maximum atomic E-state index is 5.19. The van der Waals surface area contributed by atoms with Gasteiger partial charge in [-0.15, -0.1) is 17.8 Å². The van der Waals surface area contributed by atoms with Crippen LogP contribution in [0.2, 0.25) is 0 Å². The van der Waals surface area contributed by atoms with Crippen LogP contribution in [0.15, 0.2) is 5.51 Å². The highest BCUT2D eigenvalue weighted by Gasteiger charge is 2.11. The van der Waals surface area contributed by atoms with E-state index in [4.69, 9.17) is 6.42 Å². The van der Waals surface area contributed by atoms with Gasteiger partial charge in [0.05, 0.1) is 17.7 Å². The Morgan fingerprint density at radius 2 is 2.44 bits per heavy atom. The van der Waals surface area contributed by atoms with Gasteiger partial charge in [-0.2, -0.15) is 0 Å². The van der Waals surface area contributed by atoms with Crippen LogP contribution in [0.4, 0.5) is 0 Å². The molecule has 3 nitrogen and oxygen atoms in total. The highest BCUT2D eigenvalue weighted by atomic mass is 32.1. The predicted octanol–water partition coefficient (Wildman–Crippen LogP) is 1.49. The van der Waals surface area contributed by atoms with Crippen molar-refractivity contribution >= 4 is 11.3 Å². The number of terminal acetylenes is 1. The first-order valence-corrected chi connectivity index (χ1v) is 6.26. The molecule has 0 saturated carbocycles. The lowest BCUT2D eigenvalue weighted by Crippen LogP contribution is -2.37. The topological polar surface area (TPSA) is 28.2 Å². The van der Waals surface area contributed by atoms with Crippen molar-refractivity contribution in [3.05, 3.63) is 16.1 Å². The van der Waals surface area contributed by atoms with E-state index in [1.165, 1.54) is 4.88 Å². The Labute approximate surface area is 102 Å². The van der Waals surface area contributed by atoms with Crippen LogP contribution in [0.3, 0.4) is 0 Å². The summed E-state index contributed by atoms with van der Waals surface area (Å²) in [6.07, 6.45) is 5.19. The van der Waals surface area contributed by atoms with Crippen LogP contribution in [0.25, 0.3) is 0 Å². The van der Waals surface area contributed by atoms with Crippen LogP contribution in [0, 0.1) is 19.3 Å². The summed E-state index contributed by atoms with van der Waals surface area (Å²) in [4.78, 5) is 7.90. The SMILES string of the molecule is C#CCNCC(C)N(C)Cc1scnc1C. The minimum Gasteiger partial charge on any atom is -0.305 e. The third-order valence-corrected chi connectivity index (χ3v) is 3.58. The molecule has 1 aromatic rings. The molecule has 0 radical (unpaired) electrons. The molecule has 0 aliphatic carbocycles. The third-order valence-electron chi connectivity index (χ3n) is 2.66. The van der Waals surface area contributed by atoms with Crippen molar-refractivity contribution in [2.75, 3.05) is 20.1 Å². The molecule has 1 heterocycles. The van der Waals surface area contributed by atoms with Crippen molar-refractivity contribution in [1.82, 2.24) is 15.2 Å². The maximum absolute atomic E-state index is 5.19. The van der Waals surface area contributed by atoms with E-state index in [2.05, 4.69) is 42.0 Å². The lowest BCUT2D eigenvalue weighted by atomic mass is 10.2. The average molecular weight is 237 g/mol. The summed E-state index contributed by atoms with van der Waals surface area (Å²) >= 11 is 1.72. The number of hydrogen-bond acceptors (Lipinski definition) is 4. The van der Waals surface area contributed by atoms with E-state index in [0.717, 1.165) is 18.8 Å². The van der Waals surface area contributed by atoms with E-state index in [0.29, 0.717) is 12.6 Å². The molecule has 0 bridgehead atoms. The molecule has 1 unspecified atom stereocenters. The number of rotatable bonds is 6. The van der Waals surface area contributed by atoms with Crippen molar-refractivity contribution in [3.8, 4) is 12.3 Å². The van der Waals surface area contributed by atoms with Crippen molar-refractivity contribution < 1.29 is 0 Å². The lowest BCUT2D eigenvalue weighted by Gasteiger charge is -2.24. The Morgan fingerprint density at radius 3 is 3.00 bits per heavy atom. The molecule has 0 fully saturated rings. The third kappa shape index (κ3) is 3.93. The van der Waals surface area contributed by atoms with Crippen molar-refractivity contribution in [3.63, 3.8) is 0 Å². The van der Waals surface area contributed by atoms with Crippen LogP contribution < -0.4 is 5.32 Å². The Hall–Kier alpha value is -0.890. The maximum Gasteiger partial charge on any atom is 0.0798 e. The van der Waals surface area contributed by atoms with Crippen LogP contribution in [0.5, 0.6) is 0 Å². The number of nitrogens with one attached hydrogen (secondary N) is 1. The summed E-state index contributed by atoms with van der Waals surface area (Å²) in [5, 5.41) is 3.22. The number of aromatic nitrogens is 1. The molecule has 1 rings (SSSR count). The predicted molar refractivity (Wildman–Crippen MR) is 69.5 cm³/mol. The number of thiazole rings is 1. The van der Waals surface area contributed by atoms with Gasteiger partial charge < -0.3 is 5.32 Å². The van der Waals surface area contributed by atoms with Crippen molar-refractivity contribution in [2.24, 2.45) is 0 Å². The standard InChI is InChI=1S/C12H19N3S/c1-5-6-13-7-10(2)15(4)8-12-11(3)14-9-16-12/h1,9-10,13H,6-8H2,2-4H3. The summed E-state index contributed by atoms with van der Waals surface area (Å²) in [6, 6.07) is 0.467. The fraction of sp³-hybridized carbons (Fsp3) is 0.583. The van der Waals surface area contributed by atoms with Gasteiger partial charge in [0, 0.05) is 24.0 Å². The van der Waals surface area contributed by atoms with Crippen LogP contribution in [-0.4, -0.2) is 36.1 Å². The van der Waals surface area contributed by atoms with Crippen molar-refractivity contribution in [1.29, 1.82) is 0 Å². The fourth-order valence-corrected chi connectivity index (χ4v) is 2.21. The lowest BCUT2D eigenvalue weighted by molar-refractivity contribution is 0.246. The van der Waals surface area contributed by atoms with Gasteiger partial charge in [-0.3, -0.25) is 4.90 Å². The minimum absolute atomic E-state index is 0.467. The van der Waals surface area contributed by atoms with Gasteiger partial charge in [0.2, 0.25) is 0 Å². The molecule has 0 aliphatic heterocycles. The smallest absolute Gasteiger partial charge is 0.0798 e. The van der Waals surface area contributed by atoms with Crippen molar-refractivity contribution in [2.45, 2.75) is 26.4 Å². The molecule has 1 N–H and O–H groups in total. The van der Waals surface area contributed by atoms with Gasteiger partial charge in [0.25, 0.3) is 0 Å². The molecule has 0 spiro atoms. The van der Waals surface area contributed by atoms with Crippen LogP contribution in [-0.2, 0) is 6.54 Å². The summed E-state index contributed by atoms with van der Waals surface area (Å²) < 4.78 is 0. The zero-order valence-corrected chi connectivity index (χ0v) is 11.0. The first-order valence-electron chi connectivity index (χ1n) is 5.38.